The van der Waals surface area contributed by atoms with Gasteiger partial charge < -0.3 is 5.73 Å². The van der Waals surface area contributed by atoms with Crippen LogP contribution >= 0.6 is 0 Å². The van der Waals surface area contributed by atoms with Gasteiger partial charge in [-0.15, -0.1) is 5.10 Å². The Balaban J connectivity index is 2.44. The van der Waals surface area contributed by atoms with E-state index in [1.54, 1.807) is 30.3 Å². The third-order valence-electron chi connectivity index (χ3n) is 2.71. The number of hydrogen-bond donors (Lipinski definition) is 1. The second-order valence-corrected chi connectivity index (χ2v) is 4.16. The highest BCUT2D eigenvalue weighted by molar-refractivity contribution is 5.99. The zero-order valence-corrected chi connectivity index (χ0v) is 10.7. The largest absolute Gasteiger partial charge is 0.401 e. The van der Waals surface area contributed by atoms with Crippen molar-refractivity contribution in [2.24, 2.45) is 5.73 Å². The predicted octanol–water partition coefficient (Wildman–Crippen LogP) is 0.117. The van der Waals surface area contributed by atoms with Gasteiger partial charge in [-0.2, -0.15) is 5.26 Å². The highest BCUT2D eigenvalue weighted by atomic mass is 16.1. The van der Waals surface area contributed by atoms with E-state index in [2.05, 4.69) is 10.3 Å². The maximum Gasteiger partial charge on any atom is 0.278 e. The van der Waals surface area contributed by atoms with Crippen molar-refractivity contribution in [1.82, 2.24) is 15.0 Å². The number of rotatable bonds is 3. The van der Waals surface area contributed by atoms with Gasteiger partial charge in [0.15, 0.2) is 5.78 Å². The first-order chi connectivity index (χ1) is 9.54. The number of allylic oxidation sites excluding steroid dienone is 2. The number of Topliss-reactive ketones (excluding diaryl/α,β-unsaturated/α-hetero) is 1. The van der Waals surface area contributed by atoms with E-state index >= 15 is 0 Å². The minimum Gasteiger partial charge on any atom is -0.401 e. The fraction of sp³-hybridized carbons (Fsp3) is 0.154. The van der Waals surface area contributed by atoms with Gasteiger partial charge in [0.1, 0.15) is 23.7 Å². The number of carbonyl (C=O) groups excluding carboxylic acids is 1. The molecule has 0 radical (unpaired) electrons. The average molecular weight is 269 g/mol. The van der Waals surface area contributed by atoms with Gasteiger partial charge in [0.25, 0.3) is 5.56 Å². The van der Waals surface area contributed by atoms with Crippen molar-refractivity contribution in [3.63, 3.8) is 0 Å². The monoisotopic (exact) mass is 269 g/mol. The minimum atomic E-state index is -0.570. The first-order valence-corrected chi connectivity index (χ1v) is 5.76. The Bertz CT molecular complexity index is 809. The molecular formula is C13H11N5O2. The molecule has 7 heteroatoms. The summed E-state index contributed by atoms with van der Waals surface area (Å²) >= 11 is 0. The molecule has 0 aliphatic heterocycles. The molecule has 20 heavy (non-hydrogen) atoms. The van der Waals surface area contributed by atoms with Gasteiger partial charge in [-0.3, -0.25) is 9.59 Å². The minimum absolute atomic E-state index is 0.110. The van der Waals surface area contributed by atoms with Crippen LogP contribution in [0.15, 0.2) is 40.3 Å². The van der Waals surface area contributed by atoms with Crippen LogP contribution in [0.5, 0.6) is 0 Å². The van der Waals surface area contributed by atoms with Crippen LogP contribution < -0.4 is 11.3 Å². The van der Waals surface area contributed by atoms with Gasteiger partial charge in [-0.05, 0) is 19.1 Å². The summed E-state index contributed by atoms with van der Waals surface area (Å²) in [5, 5.41) is 16.8. The van der Waals surface area contributed by atoms with Gasteiger partial charge in [0.2, 0.25) is 0 Å². The molecule has 0 fully saturated rings. The number of nitriles is 1. The number of nitrogens with two attached hydrogens (primary N) is 1. The molecule has 2 rings (SSSR count). The van der Waals surface area contributed by atoms with E-state index in [0.717, 1.165) is 4.68 Å². The van der Waals surface area contributed by atoms with Crippen molar-refractivity contribution in [3.05, 3.63) is 45.9 Å². The van der Waals surface area contributed by atoms with Gasteiger partial charge in [-0.1, -0.05) is 17.3 Å². The molecule has 0 unspecified atom stereocenters. The molecule has 0 spiro atoms. The fourth-order valence-electron chi connectivity index (χ4n) is 1.71. The molecule has 0 aliphatic carbocycles. The van der Waals surface area contributed by atoms with Crippen molar-refractivity contribution in [2.75, 3.05) is 0 Å². The molecular weight excluding hydrogens is 258 g/mol. The van der Waals surface area contributed by atoms with Crippen LogP contribution in [0.25, 0.3) is 10.9 Å². The molecule has 1 aromatic heterocycles. The molecule has 0 bridgehead atoms. The van der Waals surface area contributed by atoms with Crippen LogP contribution in [0, 0.1) is 11.3 Å². The molecule has 100 valence electrons. The summed E-state index contributed by atoms with van der Waals surface area (Å²) in [5.74, 6) is -0.570. The van der Waals surface area contributed by atoms with Gasteiger partial charge in [-0.25, -0.2) is 4.68 Å². The first kappa shape index (κ1) is 13.4. The first-order valence-electron chi connectivity index (χ1n) is 5.76. The van der Waals surface area contributed by atoms with Gasteiger partial charge >= 0.3 is 0 Å². The average Bonchev–Trinajstić information content (AvgIpc) is 2.42. The van der Waals surface area contributed by atoms with E-state index in [-0.39, 0.29) is 17.8 Å². The van der Waals surface area contributed by atoms with E-state index in [0.29, 0.717) is 10.9 Å². The Morgan fingerprint density at radius 1 is 1.45 bits per heavy atom. The summed E-state index contributed by atoms with van der Waals surface area (Å²) in [7, 11) is 0. The highest BCUT2D eigenvalue weighted by Gasteiger charge is 2.14. The molecule has 1 heterocycles. The Morgan fingerprint density at radius 3 is 2.80 bits per heavy atom. The van der Waals surface area contributed by atoms with E-state index < -0.39 is 11.3 Å². The molecule has 2 N–H and O–H groups in total. The molecule has 2 aromatic rings. The zero-order chi connectivity index (χ0) is 14.7. The number of fused-ring (bicyclic) bond motifs is 1. The SMILES string of the molecule is CC(N)=C(C#N)C(=O)Cn1nnc2ccccc2c1=O. The van der Waals surface area contributed by atoms with Gasteiger partial charge in [0.05, 0.1) is 5.39 Å². The van der Waals surface area contributed by atoms with E-state index in [1.807, 2.05) is 0 Å². The number of benzene rings is 1. The van der Waals surface area contributed by atoms with E-state index in [9.17, 15) is 9.59 Å². The van der Waals surface area contributed by atoms with E-state index in [1.165, 1.54) is 6.92 Å². The predicted molar refractivity (Wildman–Crippen MR) is 71.3 cm³/mol. The van der Waals surface area contributed by atoms with Crippen LogP contribution in [-0.2, 0) is 11.3 Å². The Kier molecular flexibility index (Phi) is 3.57. The van der Waals surface area contributed by atoms with Crippen LogP contribution in [0.2, 0.25) is 0 Å². The lowest BCUT2D eigenvalue weighted by Gasteiger charge is -2.04. The molecule has 1 aromatic carbocycles. The number of nitrogens with zero attached hydrogens (tertiary/aromatic N) is 4. The molecule has 0 aliphatic rings. The topological polar surface area (TPSA) is 115 Å². The summed E-state index contributed by atoms with van der Waals surface area (Å²) < 4.78 is 0.922. The maximum absolute atomic E-state index is 12.1. The lowest BCUT2D eigenvalue weighted by Crippen LogP contribution is -2.28. The Labute approximate surface area is 113 Å². The second-order valence-electron chi connectivity index (χ2n) is 4.16. The summed E-state index contributed by atoms with van der Waals surface area (Å²) in [6, 6.07) is 8.41. The van der Waals surface area contributed by atoms with Crippen molar-refractivity contribution in [3.8, 4) is 6.07 Å². The second kappa shape index (κ2) is 5.32. The standard InChI is InChI=1S/C13H11N5O2/c1-8(15)10(6-14)12(19)7-18-13(20)9-4-2-3-5-11(9)16-17-18/h2-5H,7,15H2,1H3. The number of ketones is 1. The normalized spacial score (nSPS) is 11.8. The van der Waals surface area contributed by atoms with Gasteiger partial charge in [0, 0.05) is 5.70 Å². The smallest absolute Gasteiger partial charge is 0.278 e. The summed E-state index contributed by atoms with van der Waals surface area (Å²) in [5.41, 5.74) is 5.40. The van der Waals surface area contributed by atoms with Crippen molar-refractivity contribution in [2.45, 2.75) is 13.5 Å². The number of carbonyl (C=O) groups is 1. The van der Waals surface area contributed by atoms with Crippen molar-refractivity contribution >= 4 is 16.7 Å². The maximum atomic E-state index is 12.1. The van der Waals surface area contributed by atoms with Crippen molar-refractivity contribution in [1.29, 1.82) is 5.26 Å². The third-order valence-corrected chi connectivity index (χ3v) is 2.71. The van der Waals surface area contributed by atoms with Crippen molar-refractivity contribution < 1.29 is 4.79 Å². The molecule has 0 saturated carbocycles. The summed E-state index contributed by atoms with van der Waals surface area (Å²) in [6.45, 7) is 1.08. The summed E-state index contributed by atoms with van der Waals surface area (Å²) in [6.07, 6.45) is 0. The Morgan fingerprint density at radius 2 is 2.15 bits per heavy atom. The molecule has 0 saturated heterocycles. The number of aromatic nitrogens is 3. The lowest BCUT2D eigenvalue weighted by molar-refractivity contribution is -0.116. The molecule has 7 nitrogen and oxygen atoms in total. The zero-order valence-electron chi connectivity index (χ0n) is 10.7. The Hall–Kier alpha value is -3.01. The van der Waals surface area contributed by atoms with E-state index in [4.69, 9.17) is 11.0 Å². The fourth-order valence-corrected chi connectivity index (χ4v) is 1.71. The highest BCUT2D eigenvalue weighted by Crippen LogP contribution is 2.04. The quantitative estimate of drug-likeness (QED) is 0.625. The lowest BCUT2D eigenvalue weighted by atomic mass is 10.1. The summed E-state index contributed by atoms with van der Waals surface area (Å²) in [4.78, 5) is 24.0. The van der Waals surface area contributed by atoms with Crippen LogP contribution in [0.4, 0.5) is 0 Å². The molecule has 0 amide bonds. The number of hydrogen-bond acceptors (Lipinski definition) is 6. The van der Waals surface area contributed by atoms with Crippen LogP contribution in [-0.4, -0.2) is 20.8 Å². The third kappa shape index (κ3) is 2.40. The molecule has 0 atom stereocenters. The van der Waals surface area contributed by atoms with Crippen LogP contribution in [0.3, 0.4) is 0 Å². The van der Waals surface area contributed by atoms with Crippen LogP contribution in [0.1, 0.15) is 6.92 Å².